The molecule has 0 radical (unpaired) electrons. The fourth-order valence-corrected chi connectivity index (χ4v) is 2.13. The summed E-state index contributed by atoms with van der Waals surface area (Å²) >= 11 is 0. The first-order chi connectivity index (χ1) is 8.38. The second-order valence-electron chi connectivity index (χ2n) is 7.02. The van der Waals surface area contributed by atoms with Crippen LogP contribution in [0.5, 0.6) is 0 Å². The summed E-state index contributed by atoms with van der Waals surface area (Å²) in [5, 5.41) is 3.50. The Morgan fingerprint density at radius 3 is 2.61 bits per heavy atom. The van der Waals surface area contributed by atoms with Crippen LogP contribution in [0.2, 0.25) is 0 Å². The Hall–Kier alpha value is -0.760. The highest BCUT2D eigenvalue weighted by Gasteiger charge is 2.36. The molecule has 1 aliphatic rings. The van der Waals surface area contributed by atoms with Gasteiger partial charge in [0.25, 0.3) is 0 Å². The highest BCUT2D eigenvalue weighted by Crippen LogP contribution is 2.47. The summed E-state index contributed by atoms with van der Waals surface area (Å²) in [6.45, 7) is 13.3. The van der Waals surface area contributed by atoms with Gasteiger partial charge in [0.05, 0.1) is 6.54 Å². The second kappa shape index (κ2) is 5.08. The maximum Gasteiger partial charge on any atom is 0.117 e. The molecular formula is C16H27NO. The van der Waals surface area contributed by atoms with Crippen LogP contribution in [0.25, 0.3) is 0 Å². The summed E-state index contributed by atoms with van der Waals surface area (Å²) in [5.41, 5.74) is 0.366. The SMILES string of the molecule is CC1CC1c1ccc(CNCC(C)C(C)(C)C)o1. The number of hydrogen-bond acceptors (Lipinski definition) is 2. The van der Waals surface area contributed by atoms with Gasteiger partial charge in [-0.1, -0.05) is 34.6 Å². The zero-order valence-electron chi connectivity index (χ0n) is 12.4. The molecule has 0 bridgehead atoms. The molecule has 2 heteroatoms. The van der Waals surface area contributed by atoms with E-state index >= 15 is 0 Å². The van der Waals surface area contributed by atoms with Crippen LogP contribution in [0.1, 0.15) is 58.5 Å². The molecule has 18 heavy (non-hydrogen) atoms. The predicted molar refractivity (Wildman–Crippen MR) is 75.6 cm³/mol. The molecule has 2 rings (SSSR count). The molecule has 1 aliphatic carbocycles. The van der Waals surface area contributed by atoms with Gasteiger partial charge in [0.2, 0.25) is 0 Å². The number of nitrogens with one attached hydrogen (secondary N) is 1. The van der Waals surface area contributed by atoms with Gasteiger partial charge in [-0.3, -0.25) is 0 Å². The molecule has 1 aromatic rings. The first-order valence-corrected chi connectivity index (χ1v) is 7.17. The Morgan fingerprint density at radius 2 is 2.06 bits per heavy atom. The van der Waals surface area contributed by atoms with Crippen LogP contribution in [0.4, 0.5) is 0 Å². The normalized spacial score (nSPS) is 25.2. The van der Waals surface area contributed by atoms with Gasteiger partial charge < -0.3 is 9.73 Å². The molecule has 2 nitrogen and oxygen atoms in total. The van der Waals surface area contributed by atoms with Gasteiger partial charge in [0.15, 0.2) is 0 Å². The lowest BCUT2D eigenvalue weighted by Gasteiger charge is -2.27. The van der Waals surface area contributed by atoms with E-state index in [1.54, 1.807) is 0 Å². The topological polar surface area (TPSA) is 25.2 Å². The molecule has 1 heterocycles. The molecule has 0 aromatic carbocycles. The molecule has 0 spiro atoms. The van der Waals surface area contributed by atoms with Crippen molar-refractivity contribution in [2.24, 2.45) is 17.3 Å². The van der Waals surface area contributed by atoms with Gasteiger partial charge in [0, 0.05) is 5.92 Å². The van der Waals surface area contributed by atoms with E-state index in [2.05, 4.69) is 52.1 Å². The zero-order chi connectivity index (χ0) is 13.3. The van der Waals surface area contributed by atoms with E-state index in [-0.39, 0.29) is 0 Å². The fraction of sp³-hybridized carbons (Fsp3) is 0.750. The van der Waals surface area contributed by atoms with Crippen molar-refractivity contribution >= 4 is 0 Å². The van der Waals surface area contributed by atoms with Crippen LogP contribution in [0.15, 0.2) is 16.5 Å². The number of furan rings is 1. The van der Waals surface area contributed by atoms with Gasteiger partial charge in [-0.15, -0.1) is 0 Å². The Balaban J connectivity index is 1.75. The third-order valence-electron chi connectivity index (χ3n) is 4.39. The summed E-state index contributed by atoms with van der Waals surface area (Å²) in [6, 6.07) is 4.27. The van der Waals surface area contributed by atoms with Crippen molar-refractivity contribution in [2.45, 2.75) is 53.5 Å². The molecule has 0 amide bonds. The lowest BCUT2D eigenvalue weighted by molar-refractivity contribution is 0.250. The average molecular weight is 249 g/mol. The maximum atomic E-state index is 5.88. The van der Waals surface area contributed by atoms with E-state index < -0.39 is 0 Å². The van der Waals surface area contributed by atoms with Gasteiger partial charge >= 0.3 is 0 Å². The summed E-state index contributed by atoms with van der Waals surface area (Å²) in [7, 11) is 0. The van der Waals surface area contributed by atoms with E-state index in [9.17, 15) is 0 Å². The molecule has 3 atom stereocenters. The van der Waals surface area contributed by atoms with Crippen LogP contribution in [-0.4, -0.2) is 6.54 Å². The van der Waals surface area contributed by atoms with Gasteiger partial charge in [-0.25, -0.2) is 0 Å². The van der Waals surface area contributed by atoms with Crippen molar-refractivity contribution in [2.75, 3.05) is 6.54 Å². The molecule has 1 aromatic heterocycles. The van der Waals surface area contributed by atoms with Crippen molar-refractivity contribution in [3.05, 3.63) is 23.7 Å². The molecule has 0 aliphatic heterocycles. The van der Waals surface area contributed by atoms with Gasteiger partial charge in [0.1, 0.15) is 11.5 Å². The third-order valence-corrected chi connectivity index (χ3v) is 4.39. The first-order valence-electron chi connectivity index (χ1n) is 7.17. The predicted octanol–water partition coefficient (Wildman–Crippen LogP) is 4.17. The van der Waals surface area contributed by atoms with E-state index in [1.807, 2.05) is 0 Å². The summed E-state index contributed by atoms with van der Waals surface area (Å²) in [5.74, 6) is 4.42. The van der Waals surface area contributed by atoms with Crippen molar-refractivity contribution < 1.29 is 4.42 Å². The van der Waals surface area contributed by atoms with E-state index in [0.29, 0.717) is 17.3 Å². The molecule has 3 unspecified atom stereocenters. The zero-order valence-corrected chi connectivity index (χ0v) is 12.4. The number of rotatable bonds is 5. The van der Waals surface area contributed by atoms with Crippen LogP contribution in [0, 0.1) is 17.3 Å². The molecular weight excluding hydrogens is 222 g/mol. The molecule has 1 fully saturated rings. The summed E-state index contributed by atoms with van der Waals surface area (Å²) in [6.07, 6.45) is 1.29. The quantitative estimate of drug-likeness (QED) is 0.847. The first kappa shape index (κ1) is 13.7. The third kappa shape index (κ3) is 3.38. The molecule has 102 valence electrons. The van der Waals surface area contributed by atoms with Crippen LogP contribution in [-0.2, 0) is 6.54 Å². The second-order valence-corrected chi connectivity index (χ2v) is 7.02. The highest BCUT2D eigenvalue weighted by molar-refractivity contribution is 5.17. The Kier molecular flexibility index (Phi) is 3.86. The highest BCUT2D eigenvalue weighted by atomic mass is 16.3. The smallest absolute Gasteiger partial charge is 0.117 e. The van der Waals surface area contributed by atoms with Crippen molar-refractivity contribution in [1.29, 1.82) is 0 Å². The van der Waals surface area contributed by atoms with Crippen LogP contribution in [0.3, 0.4) is 0 Å². The minimum atomic E-state index is 0.366. The average Bonchev–Trinajstić information content (AvgIpc) is 2.82. The minimum absolute atomic E-state index is 0.366. The Labute approximate surface area is 111 Å². The summed E-state index contributed by atoms with van der Waals surface area (Å²) in [4.78, 5) is 0. The number of hydrogen-bond donors (Lipinski definition) is 1. The van der Waals surface area contributed by atoms with Crippen LogP contribution >= 0.6 is 0 Å². The van der Waals surface area contributed by atoms with Crippen LogP contribution < -0.4 is 5.32 Å². The monoisotopic (exact) mass is 249 g/mol. The fourth-order valence-electron chi connectivity index (χ4n) is 2.13. The van der Waals surface area contributed by atoms with E-state index in [4.69, 9.17) is 4.42 Å². The van der Waals surface area contributed by atoms with E-state index in [0.717, 1.165) is 24.8 Å². The Bertz CT molecular complexity index is 388. The van der Waals surface area contributed by atoms with Gasteiger partial charge in [-0.2, -0.15) is 0 Å². The van der Waals surface area contributed by atoms with Crippen molar-refractivity contribution in [3.63, 3.8) is 0 Å². The maximum absolute atomic E-state index is 5.88. The van der Waals surface area contributed by atoms with Crippen molar-refractivity contribution in [1.82, 2.24) is 5.32 Å². The molecule has 0 saturated heterocycles. The molecule has 1 saturated carbocycles. The van der Waals surface area contributed by atoms with Gasteiger partial charge in [-0.05, 0) is 42.3 Å². The lowest BCUT2D eigenvalue weighted by atomic mass is 9.82. The standard InChI is InChI=1S/C16H27NO/c1-11-8-14(11)15-7-6-13(18-15)10-17-9-12(2)16(3,4)5/h6-7,11-12,14,17H,8-10H2,1-5H3. The lowest BCUT2D eigenvalue weighted by Crippen LogP contribution is -2.29. The van der Waals surface area contributed by atoms with E-state index in [1.165, 1.54) is 12.2 Å². The minimum Gasteiger partial charge on any atom is -0.464 e. The molecule has 1 N–H and O–H groups in total. The largest absolute Gasteiger partial charge is 0.464 e. The van der Waals surface area contributed by atoms with Crippen molar-refractivity contribution in [3.8, 4) is 0 Å². The Morgan fingerprint density at radius 1 is 1.39 bits per heavy atom. The summed E-state index contributed by atoms with van der Waals surface area (Å²) < 4.78 is 5.88.